The first-order valence-corrected chi connectivity index (χ1v) is 9.70. The Morgan fingerprint density at radius 1 is 1.13 bits per heavy atom. The van der Waals surface area contributed by atoms with E-state index in [1.165, 1.54) is 0 Å². The van der Waals surface area contributed by atoms with E-state index in [-0.39, 0.29) is 0 Å². The monoisotopic (exact) mass is 406 g/mol. The number of H-pyrrole nitrogens is 2. The second-order valence-electron chi connectivity index (χ2n) is 6.75. The Hall–Kier alpha value is -4.46. The fourth-order valence-electron chi connectivity index (χ4n) is 3.45. The maximum Gasteiger partial charge on any atom is 0.178 e. The topological polar surface area (TPSA) is 108 Å². The maximum absolute atomic E-state index is 4.69. The molecule has 0 aliphatic heterocycles. The first kappa shape index (κ1) is 18.6. The van der Waals surface area contributed by atoms with Crippen LogP contribution < -0.4 is 0 Å². The average Bonchev–Trinajstić information content (AvgIpc) is 3.43. The summed E-state index contributed by atoms with van der Waals surface area (Å²) < 4.78 is 0. The molecule has 0 unspecified atom stereocenters. The van der Waals surface area contributed by atoms with Crippen LogP contribution in [0.4, 0.5) is 0 Å². The first-order valence-electron chi connectivity index (χ1n) is 9.70. The van der Waals surface area contributed by atoms with Crippen molar-refractivity contribution in [1.82, 2.24) is 35.1 Å². The highest BCUT2D eigenvalue weighted by molar-refractivity contribution is 5.96. The summed E-state index contributed by atoms with van der Waals surface area (Å²) in [6.07, 6.45) is 12.2. The van der Waals surface area contributed by atoms with Gasteiger partial charge in [0.1, 0.15) is 5.69 Å². The van der Waals surface area contributed by atoms with E-state index < -0.39 is 0 Å². The number of rotatable bonds is 5. The lowest BCUT2D eigenvalue weighted by Crippen LogP contribution is -1.88. The van der Waals surface area contributed by atoms with Gasteiger partial charge in [0.25, 0.3) is 0 Å². The van der Waals surface area contributed by atoms with Crippen LogP contribution in [0.15, 0.2) is 72.8 Å². The predicted octanol–water partition coefficient (Wildman–Crippen LogP) is 4.58. The summed E-state index contributed by atoms with van der Waals surface area (Å²) >= 11 is 0. The summed E-state index contributed by atoms with van der Waals surface area (Å²) in [4.78, 5) is 25.5. The SMILES string of the molecule is C=CC=N/C(=C\C)c1cc2c(-c3nc4nccc(-c5ccncc5)c4[nH]3)n[nH]c2cn1. The molecule has 5 rings (SSSR count). The number of aromatic nitrogens is 7. The summed E-state index contributed by atoms with van der Waals surface area (Å²) in [6, 6.07) is 7.83. The Morgan fingerprint density at radius 2 is 2.00 bits per heavy atom. The second kappa shape index (κ2) is 7.75. The molecule has 31 heavy (non-hydrogen) atoms. The minimum atomic E-state index is 0.625. The predicted molar refractivity (Wildman–Crippen MR) is 122 cm³/mol. The zero-order valence-corrected chi connectivity index (χ0v) is 16.7. The molecule has 0 aliphatic rings. The summed E-state index contributed by atoms with van der Waals surface area (Å²) in [5.41, 5.74) is 6.50. The summed E-state index contributed by atoms with van der Waals surface area (Å²) in [7, 11) is 0. The van der Waals surface area contributed by atoms with Gasteiger partial charge in [-0.3, -0.25) is 20.1 Å². The highest BCUT2D eigenvalue weighted by atomic mass is 15.1. The quantitative estimate of drug-likeness (QED) is 0.416. The third-order valence-corrected chi connectivity index (χ3v) is 4.91. The standard InChI is InChI=1S/C23H18N8/c1-3-8-25-17(4-2)18-12-16-19(13-27-18)30-31-21(16)23-28-20-15(7-11-26-22(20)29-23)14-5-9-24-10-6-14/h3-13H,1H2,2H3,(H,30,31)(H,26,28,29)/b17-4-,25-8?. The molecule has 0 fully saturated rings. The van der Waals surface area contributed by atoms with Gasteiger partial charge >= 0.3 is 0 Å². The van der Waals surface area contributed by atoms with Gasteiger partial charge in [0.2, 0.25) is 0 Å². The zero-order chi connectivity index (χ0) is 21.2. The van der Waals surface area contributed by atoms with Gasteiger partial charge in [-0.25, -0.2) is 9.97 Å². The molecule has 0 amide bonds. The Morgan fingerprint density at radius 3 is 2.81 bits per heavy atom. The van der Waals surface area contributed by atoms with E-state index in [4.69, 9.17) is 4.98 Å². The van der Waals surface area contributed by atoms with Crippen LogP contribution in [0.5, 0.6) is 0 Å². The fourth-order valence-corrected chi connectivity index (χ4v) is 3.45. The highest BCUT2D eigenvalue weighted by Crippen LogP contribution is 2.31. The first-order chi connectivity index (χ1) is 15.3. The van der Waals surface area contributed by atoms with Gasteiger partial charge < -0.3 is 4.98 Å². The number of pyridine rings is 3. The van der Waals surface area contributed by atoms with Gasteiger partial charge in [0.05, 0.1) is 28.6 Å². The van der Waals surface area contributed by atoms with Gasteiger partial charge in [-0.2, -0.15) is 5.10 Å². The van der Waals surface area contributed by atoms with E-state index in [1.54, 1.807) is 37.1 Å². The van der Waals surface area contributed by atoms with E-state index in [0.29, 0.717) is 17.2 Å². The Bertz CT molecular complexity index is 1460. The number of allylic oxidation sites excluding steroid dienone is 2. The molecule has 0 radical (unpaired) electrons. The number of fused-ring (bicyclic) bond motifs is 2. The maximum atomic E-state index is 4.69. The van der Waals surface area contributed by atoms with Crippen molar-refractivity contribution in [1.29, 1.82) is 0 Å². The van der Waals surface area contributed by atoms with Crippen LogP contribution in [0.2, 0.25) is 0 Å². The van der Waals surface area contributed by atoms with Gasteiger partial charge in [0.15, 0.2) is 11.5 Å². The Balaban J connectivity index is 1.65. The number of hydrogen-bond donors (Lipinski definition) is 2. The molecule has 0 saturated heterocycles. The molecule has 5 aromatic rings. The van der Waals surface area contributed by atoms with Crippen LogP contribution in [-0.2, 0) is 0 Å². The molecule has 2 N–H and O–H groups in total. The Labute approximate surface area is 177 Å². The summed E-state index contributed by atoms with van der Waals surface area (Å²) in [5, 5.41) is 8.40. The molecule has 8 heteroatoms. The molecule has 5 heterocycles. The number of nitrogens with zero attached hydrogens (tertiary/aromatic N) is 6. The number of hydrogen-bond acceptors (Lipinski definition) is 6. The molecule has 150 valence electrons. The normalized spacial score (nSPS) is 12.2. The minimum absolute atomic E-state index is 0.625. The van der Waals surface area contributed by atoms with Crippen LogP contribution in [0.25, 0.3) is 50.4 Å². The minimum Gasteiger partial charge on any atom is -0.335 e. The van der Waals surface area contributed by atoms with E-state index >= 15 is 0 Å². The van der Waals surface area contributed by atoms with E-state index in [0.717, 1.165) is 38.9 Å². The van der Waals surface area contributed by atoms with E-state index in [9.17, 15) is 0 Å². The smallest absolute Gasteiger partial charge is 0.178 e. The van der Waals surface area contributed by atoms with Crippen LogP contribution in [0.3, 0.4) is 0 Å². The molecule has 0 saturated carbocycles. The van der Waals surface area contributed by atoms with Crippen molar-refractivity contribution in [3.8, 4) is 22.6 Å². The molecule has 8 nitrogen and oxygen atoms in total. The lowest BCUT2D eigenvalue weighted by atomic mass is 10.1. The van der Waals surface area contributed by atoms with Crippen molar-refractivity contribution in [2.75, 3.05) is 0 Å². The van der Waals surface area contributed by atoms with Gasteiger partial charge in [0, 0.05) is 35.8 Å². The largest absolute Gasteiger partial charge is 0.335 e. The zero-order valence-electron chi connectivity index (χ0n) is 16.7. The molecule has 0 spiro atoms. The van der Waals surface area contributed by atoms with E-state index in [1.807, 2.05) is 37.3 Å². The summed E-state index contributed by atoms with van der Waals surface area (Å²) in [6.45, 7) is 5.59. The molecule has 0 aliphatic carbocycles. The van der Waals surface area contributed by atoms with Crippen LogP contribution in [0.1, 0.15) is 12.6 Å². The van der Waals surface area contributed by atoms with Crippen LogP contribution >= 0.6 is 0 Å². The van der Waals surface area contributed by atoms with Crippen LogP contribution in [0, 0.1) is 0 Å². The van der Waals surface area contributed by atoms with Gasteiger partial charge in [-0.1, -0.05) is 18.7 Å². The van der Waals surface area contributed by atoms with Gasteiger partial charge in [-0.15, -0.1) is 0 Å². The molecular weight excluding hydrogens is 388 g/mol. The lowest BCUT2D eigenvalue weighted by Gasteiger charge is -2.01. The van der Waals surface area contributed by atoms with Crippen molar-refractivity contribution < 1.29 is 0 Å². The number of nitrogens with one attached hydrogen (secondary N) is 2. The number of imidazole rings is 1. The van der Waals surface area contributed by atoms with Crippen molar-refractivity contribution in [3.63, 3.8) is 0 Å². The van der Waals surface area contributed by atoms with Crippen molar-refractivity contribution in [3.05, 3.63) is 73.5 Å². The Kier molecular flexibility index (Phi) is 4.64. The third kappa shape index (κ3) is 3.29. The average molecular weight is 406 g/mol. The summed E-state index contributed by atoms with van der Waals surface area (Å²) in [5.74, 6) is 0.629. The third-order valence-electron chi connectivity index (χ3n) is 4.91. The number of aromatic amines is 2. The van der Waals surface area contributed by atoms with Crippen molar-refractivity contribution >= 4 is 34.0 Å². The highest BCUT2D eigenvalue weighted by Gasteiger charge is 2.16. The fraction of sp³-hybridized carbons (Fsp3) is 0.0435. The molecule has 0 atom stereocenters. The molecule has 0 aromatic carbocycles. The van der Waals surface area contributed by atoms with Crippen molar-refractivity contribution in [2.45, 2.75) is 6.92 Å². The van der Waals surface area contributed by atoms with Crippen LogP contribution in [-0.4, -0.2) is 41.3 Å². The molecular formula is C23H18N8. The second-order valence-corrected chi connectivity index (χ2v) is 6.75. The van der Waals surface area contributed by atoms with Gasteiger partial charge in [-0.05, 0) is 36.8 Å². The van der Waals surface area contributed by atoms with E-state index in [2.05, 4.69) is 41.7 Å². The molecule has 0 bridgehead atoms. The lowest BCUT2D eigenvalue weighted by molar-refractivity contribution is 1.10. The number of aliphatic imine (C=N–C) groups is 1. The molecule has 5 aromatic heterocycles. The van der Waals surface area contributed by atoms with Crippen molar-refractivity contribution in [2.24, 2.45) is 4.99 Å².